The number of fused-ring (bicyclic) bond motifs is 2. The number of hydrogen-bond acceptors (Lipinski definition) is 3. The maximum atomic E-state index is 4.69. The van der Waals surface area contributed by atoms with Crippen LogP contribution in [0.1, 0.15) is 0 Å². The first kappa shape index (κ1) is 12.7. The van der Waals surface area contributed by atoms with Crippen LogP contribution in [0.2, 0.25) is 0 Å². The van der Waals surface area contributed by atoms with Gasteiger partial charge < -0.3 is 0 Å². The van der Waals surface area contributed by atoms with Crippen molar-refractivity contribution in [3.63, 3.8) is 0 Å². The van der Waals surface area contributed by atoms with Crippen molar-refractivity contribution in [3.05, 3.63) is 78.9 Å². The van der Waals surface area contributed by atoms with Crippen LogP contribution in [0.3, 0.4) is 0 Å². The van der Waals surface area contributed by atoms with Gasteiger partial charge in [-0.15, -0.1) is 5.11 Å². The molecule has 0 aliphatic carbocycles. The van der Waals surface area contributed by atoms with Crippen LogP contribution < -0.4 is 0 Å². The molecule has 3 nitrogen and oxygen atoms in total. The second kappa shape index (κ2) is 5.37. The topological polar surface area (TPSA) is 37.6 Å². The molecule has 0 N–H and O–H groups in total. The Labute approximate surface area is 128 Å². The van der Waals surface area contributed by atoms with Gasteiger partial charge >= 0.3 is 0 Å². The molecule has 1 heterocycles. The van der Waals surface area contributed by atoms with Gasteiger partial charge in [-0.05, 0) is 24.3 Å². The number of para-hydroxylation sites is 2. The summed E-state index contributed by atoms with van der Waals surface area (Å²) in [6.45, 7) is 0. The Morgan fingerprint density at radius 3 is 1.73 bits per heavy atom. The second-order valence-corrected chi connectivity index (χ2v) is 5.03. The Hall–Kier alpha value is -3.07. The molecule has 0 unspecified atom stereocenters. The second-order valence-electron chi connectivity index (χ2n) is 5.03. The number of azo groups is 1. The fourth-order valence-electron chi connectivity index (χ4n) is 2.53. The lowest BCUT2D eigenvalue weighted by Crippen LogP contribution is -1.83. The lowest BCUT2D eigenvalue weighted by atomic mass is 10.1. The minimum absolute atomic E-state index is 0.840. The maximum Gasteiger partial charge on any atom is 0.104 e. The van der Waals surface area contributed by atoms with Crippen molar-refractivity contribution in [2.45, 2.75) is 0 Å². The minimum Gasteiger partial charge on any atom is -0.248 e. The van der Waals surface area contributed by atoms with E-state index in [1.54, 1.807) is 0 Å². The van der Waals surface area contributed by atoms with Gasteiger partial charge in [-0.25, -0.2) is 4.98 Å². The van der Waals surface area contributed by atoms with Gasteiger partial charge in [0.1, 0.15) is 5.69 Å². The van der Waals surface area contributed by atoms with E-state index in [-0.39, 0.29) is 0 Å². The zero-order chi connectivity index (χ0) is 14.8. The zero-order valence-corrected chi connectivity index (χ0v) is 11.8. The number of nitrogens with zero attached hydrogens (tertiary/aromatic N) is 3. The van der Waals surface area contributed by atoms with Crippen molar-refractivity contribution in [1.29, 1.82) is 0 Å². The summed E-state index contributed by atoms with van der Waals surface area (Å²) < 4.78 is 0. The van der Waals surface area contributed by atoms with Crippen LogP contribution in [0.5, 0.6) is 0 Å². The Morgan fingerprint density at radius 2 is 1.09 bits per heavy atom. The molecular formula is C19H13N3. The Kier molecular flexibility index (Phi) is 3.09. The summed E-state index contributed by atoms with van der Waals surface area (Å²) in [6.07, 6.45) is 0. The summed E-state index contributed by atoms with van der Waals surface area (Å²) in [4.78, 5) is 4.69. The van der Waals surface area contributed by atoms with Crippen molar-refractivity contribution in [2.75, 3.05) is 0 Å². The van der Waals surface area contributed by atoms with Crippen LogP contribution in [-0.2, 0) is 0 Å². The molecule has 22 heavy (non-hydrogen) atoms. The van der Waals surface area contributed by atoms with Gasteiger partial charge in [0.2, 0.25) is 0 Å². The number of benzene rings is 3. The molecule has 0 saturated carbocycles. The van der Waals surface area contributed by atoms with Crippen LogP contribution in [0, 0.1) is 0 Å². The summed E-state index contributed by atoms with van der Waals surface area (Å²) in [5.41, 5.74) is 3.57. The highest BCUT2D eigenvalue weighted by Crippen LogP contribution is 2.33. The molecule has 104 valence electrons. The molecule has 4 aromatic rings. The molecule has 0 aliphatic rings. The molecule has 0 aliphatic heterocycles. The third kappa shape index (κ3) is 2.23. The Bertz CT molecular complexity index is 921. The largest absolute Gasteiger partial charge is 0.248 e. The zero-order valence-electron chi connectivity index (χ0n) is 11.8. The number of rotatable bonds is 2. The van der Waals surface area contributed by atoms with Crippen molar-refractivity contribution < 1.29 is 0 Å². The number of hydrogen-bond donors (Lipinski definition) is 0. The van der Waals surface area contributed by atoms with Gasteiger partial charge in [0.15, 0.2) is 0 Å². The van der Waals surface area contributed by atoms with Crippen molar-refractivity contribution in [1.82, 2.24) is 4.98 Å². The van der Waals surface area contributed by atoms with Crippen molar-refractivity contribution in [2.24, 2.45) is 10.2 Å². The van der Waals surface area contributed by atoms with Crippen molar-refractivity contribution >= 4 is 33.2 Å². The van der Waals surface area contributed by atoms with Crippen molar-refractivity contribution in [3.8, 4) is 0 Å². The van der Waals surface area contributed by atoms with Gasteiger partial charge in [0, 0.05) is 10.8 Å². The van der Waals surface area contributed by atoms with E-state index in [0.29, 0.717) is 0 Å². The molecule has 0 bridgehead atoms. The van der Waals surface area contributed by atoms with Crippen LogP contribution in [-0.4, -0.2) is 4.98 Å². The van der Waals surface area contributed by atoms with E-state index in [9.17, 15) is 0 Å². The molecule has 4 rings (SSSR count). The van der Waals surface area contributed by atoms with E-state index < -0.39 is 0 Å². The summed E-state index contributed by atoms with van der Waals surface area (Å²) in [5.74, 6) is 0. The highest BCUT2D eigenvalue weighted by Gasteiger charge is 2.07. The standard InChI is InChI=1S/C19H13N3/c1-2-8-14(9-3-1)21-22-19-15-10-4-6-12-17(15)20-18-13-7-5-11-16(18)19/h1-13H/b22-21+. The third-order valence-corrected chi connectivity index (χ3v) is 3.58. The SMILES string of the molecule is c1ccc(/N=N/c2c3ccccc3nc3ccccc23)cc1. The third-order valence-electron chi connectivity index (χ3n) is 3.58. The normalized spacial score (nSPS) is 11.5. The van der Waals surface area contributed by atoms with Gasteiger partial charge in [-0.3, -0.25) is 0 Å². The predicted molar refractivity (Wildman–Crippen MR) is 89.9 cm³/mol. The summed E-state index contributed by atoms with van der Waals surface area (Å²) in [7, 11) is 0. The molecule has 0 fully saturated rings. The van der Waals surface area contributed by atoms with E-state index in [2.05, 4.69) is 10.2 Å². The number of aromatic nitrogens is 1. The first-order valence-electron chi connectivity index (χ1n) is 7.16. The van der Waals surface area contributed by atoms with Crippen LogP contribution in [0.25, 0.3) is 21.8 Å². The van der Waals surface area contributed by atoms with Crippen LogP contribution in [0.4, 0.5) is 11.4 Å². The highest BCUT2D eigenvalue weighted by molar-refractivity contribution is 6.05. The van der Waals surface area contributed by atoms with Crippen LogP contribution >= 0.6 is 0 Å². The molecule has 0 spiro atoms. The fourth-order valence-corrected chi connectivity index (χ4v) is 2.53. The van der Waals surface area contributed by atoms with E-state index in [4.69, 9.17) is 4.98 Å². The monoisotopic (exact) mass is 283 g/mol. The molecule has 0 atom stereocenters. The van der Waals surface area contributed by atoms with E-state index in [1.165, 1.54) is 0 Å². The lowest BCUT2D eigenvalue weighted by Gasteiger charge is -2.05. The maximum absolute atomic E-state index is 4.69. The van der Waals surface area contributed by atoms with Gasteiger partial charge in [-0.2, -0.15) is 5.11 Å². The minimum atomic E-state index is 0.840. The first-order chi connectivity index (χ1) is 10.9. The van der Waals surface area contributed by atoms with E-state index in [1.807, 2.05) is 78.9 Å². The quantitative estimate of drug-likeness (QED) is 0.338. The fraction of sp³-hybridized carbons (Fsp3) is 0. The molecule has 0 saturated heterocycles. The molecule has 1 aromatic heterocycles. The Morgan fingerprint density at radius 1 is 0.545 bits per heavy atom. The number of pyridine rings is 1. The lowest BCUT2D eigenvalue weighted by molar-refractivity contribution is 1.25. The summed E-state index contributed by atoms with van der Waals surface area (Å²) >= 11 is 0. The molecular weight excluding hydrogens is 270 g/mol. The average molecular weight is 283 g/mol. The molecule has 0 radical (unpaired) electrons. The first-order valence-corrected chi connectivity index (χ1v) is 7.16. The smallest absolute Gasteiger partial charge is 0.104 e. The average Bonchev–Trinajstić information content (AvgIpc) is 2.59. The molecule has 3 aromatic carbocycles. The Balaban J connectivity index is 1.98. The summed E-state index contributed by atoms with van der Waals surface area (Å²) in [6, 6.07) is 25.8. The van der Waals surface area contributed by atoms with Crippen LogP contribution in [0.15, 0.2) is 89.1 Å². The van der Waals surface area contributed by atoms with Gasteiger partial charge in [0.05, 0.1) is 16.7 Å². The van der Waals surface area contributed by atoms with E-state index in [0.717, 1.165) is 33.2 Å². The summed E-state index contributed by atoms with van der Waals surface area (Å²) in [5, 5.41) is 10.9. The van der Waals surface area contributed by atoms with E-state index >= 15 is 0 Å². The highest BCUT2D eigenvalue weighted by atomic mass is 15.1. The predicted octanol–water partition coefficient (Wildman–Crippen LogP) is 5.80. The van der Waals surface area contributed by atoms with Gasteiger partial charge in [-0.1, -0.05) is 54.6 Å². The molecule has 0 amide bonds. The molecule has 3 heteroatoms. The van der Waals surface area contributed by atoms with Gasteiger partial charge in [0.25, 0.3) is 0 Å².